The summed E-state index contributed by atoms with van der Waals surface area (Å²) < 4.78 is 29.2. The molecule has 0 saturated carbocycles. The maximum atomic E-state index is 11.5. The van der Waals surface area contributed by atoms with E-state index in [1.165, 1.54) is 6.07 Å². The molecule has 0 aliphatic carbocycles. The third-order valence-corrected chi connectivity index (χ3v) is 4.33. The highest BCUT2D eigenvalue weighted by Crippen LogP contribution is 2.33. The minimum atomic E-state index is -3.90. The Balaban J connectivity index is 2.87. The summed E-state index contributed by atoms with van der Waals surface area (Å²) in [6.07, 6.45) is 0.798. The fourth-order valence-electron chi connectivity index (χ4n) is 1.60. The molecule has 0 aromatic heterocycles. The predicted octanol–water partition coefficient (Wildman–Crippen LogP) is 2.59. The Kier molecular flexibility index (Phi) is 6.29. The Hall–Kier alpha value is -0.790. The van der Waals surface area contributed by atoms with Gasteiger partial charge in [0.2, 0.25) is 5.91 Å². The molecule has 1 N–H and O–H groups in total. The Morgan fingerprint density at radius 1 is 1.45 bits per heavy atom. The molecule has 20 heavy (non-hydrogen) atoms. The molecule has 0 spiro atoms. The summed E-state index contributed by atoms with van der Waals surface area (Å²) in [4.78, 5) is 11.0. The lowest BCUT2D eigenvalue weighted by Gasteiger charge is -2.13. The van der Waals surface area contributed by atoms with E-state index in [1.807, 2.05) is 0 Å². The van der Waals surface area contributed by atoms with Crippen molar-refractivity contribution in [3.63, 3.8) is 0 Å². The van der Waals surface area contributed by atoms with Crippen LogP contribution in [0.5, 0.6) is 5.75 Å². The van der Waals surface area contributed by atoms with E-state index >= 15 is 0 Å². The lowest BCUT2D eigenvalue weighted by Crippen LogP contribution is -2.18. The summed E-state index contributed by atoms with van der Waals surface area (Å²) in [7, 11) is 3.06. The molecule has 0 aliphatic rings. The number of carbonyl (C=O) groups excluding carboxylic acids is 1. The van der Waals surface area contributed by atoms with Crippen molar-refractivity contribution in [2.75, 3.05) is 13.7 Å². The molecular formula is C12H15BrClNO4S. The van der Waals surface area contributed by atoms with Crippen molar-refractivity contribution in [3.8, 4) is 5.75 Å². The quantitative estimate of drug-likeness (QED) is 0.604. The van der Waals surface area contributed by atoms with Crippen LogP contribution in [-0.2, 0) is 13.8 Å². The van der Waals surface area contributed by atoms with Crippen LogP contribution in [-0.4, -0.2) is 28.0 Å². The van der Waals surface area contributed by atoms with Gasteiger partial charge < -0.3 is 10.1 Å². The van der Waals surface area contributed by atoms with Gasteiger partial charge in [-0.05, 0) is 31.0 Å². The average molecular weight is 385 g/mol. The highest BCUT2D eigenvalue weighted by molar-refractivity contribution is 9.10. The first-order valence-corrected chi connectivity index (χ1v) is 8.94. The van der Waals surface area contributed by atoms with Crippen LogP contribution in [0.15, 0.2) is 21.5 Å². The largest absolute Gasteiger partial charge is 0.492 e. The van der Waals surface area contributed by atoms with Gasteiger partial charge in [0.05, 0.1) is 6.61 Å². The van der Waals surface area contributed by atoms with Crippen LogP contribution in [0.1, 0.15) is 18.4 Å². The molecule has 0 unspecified atom stereocenters. The van der Waals surface area contributed by atoms with Crippen molar-refractivity contribution in [2.45, 2.75) is 24.7 Å². The molecule has 112 valence electrons. The third kappa shape index (κ3) is 4.96. The highest BCUT2D eigenvalue weighted by atomic mass is 79.9. The monoisotopic (exact) mass is 383 g/mol. The molecule has 0 heterocycles. The number of amides is 1. The fourth-order valence-corrected chi connectivity index (χ4v) is 3.37. The van der Waals surface area contributed by atoms with Crippen LogP contribution in [0.3, 0.4) is 0 Å². The van der Waals surface area contributed by atoms with E-state index in [0.717, 1.165) is 0 Å². The van der Waals surface area contributed by atoms with Crippen LogP contribution in [0, 0.1) is 6.92 Å². The van der Waals surface area contributed by atoms with Crippen LogP contribution < -0.4 is 10.1 Å². The Morgan fingerprint density at radius 3 is 2.65 bits per heavy atom. The molecule has 0 fully saturated rings. The summed E-state index contributed by atoms with van der Waals surface area (Å²) in [5, 5.41) is 2.50. The van der Waals surface area contributed by atoms with Crippen molar-refractivity contribution in [2.24, 2.45) is 0 Å². The number of halogens is 2. The number of rotatable bonds is 6. The number of benzene rings is 1. The van der Waals surface area contributed by atoms with Crippen molar-refractivity contribution in [3.05, 3.63) is 22.2 Å². The maximum absolute atomic E-state index is 11.5. The van der Waals surface area contributed by atoms with Crippen LogP contribution >= 0.6 is 26.6 Å². The van der Waals surface area contributed by atoms with Gasteiger partial charge in [-0.3, -0.25) is 4.79 Å². The van der Waals surface area contributed by atoms with Gasteiger partial charge in [-0.1, -0.05) is 15.9 Å². The SMILES string of the molecule is CNC(=O)CCCOc1c(C)cc(Br)cc1S(=O)(=O)Cl. The Labute approximate surface area is 131 Å². The molecule has 1 aromatic rings. The normalized spacial score (nSPS) is 11.2. The predicted molar refractivity (Wildman–Crippen MR) is 80.7 cm³/mol. The van der Waals surface area contributed by atoms with Crippen molar-refractivity contribution >= 4 is 41.6 Å². The first-order valence-electron chi connectivity index (χ1n) is 5.84. The van der Waals surface area contributed by atoms with Crippen LogP contribution in [0.2, 0.25) is 0 Å². The van der Waals surface area contributed by atoms with Crippen molar-refractivity contribution in [1.29, 1.82) is 0 Å². The van der Waals surface area contributed by atoms with E-state index in [-0.39, 0.29) is 23.2 Å². The van der Waals surface area contributed by atoms with Gasteiger partial charge in [0.1, 0.15) is 10.6 Å². The first-order chi connectivity index (χ1) is 9.25. The van der Waals surface area contributed by atoms with Gasteiger partial charge in [-0.25, -0.2) is 8.42 Å². The standard InChI is InChI=1S/C12H15BrClNO4S/c1-8-6-9(13)7-10(20(14,17)18)12(8)19-5-3-4-11(16)15-2/h6-7H,3-5H2,1-2H3,(H,15,16). The zero-order chi connectivity index (χ0) is 15.3. The maximum Gasteiger partial charge on any atom is 0.265 e. The molecule has 1 amide bonds. The number of carbonyl (C=O) groups is 1. The zero-order valence-corrected chi connectivity index (χ0v) is 14.2. The molecule has 5 nitrogen and oxygen atoms in total. The average Bonchev–Trinajstić information content (AvgIpc) is 2.34. The number of hydrogen-bond donors (Lipinski definition) is 1. The fraction of sp³-hybridized carbons (Fsp3) is 0.417. The topological polar surface area (TPSA) is 72.5 Å². The van der Waals surface area contributed by atoms with E-state index in [0.29, 0.717) is 22.9 Å². The summed E-state index contributed by atoms with van der Waals surface area (Å²) in [6, 6.07) is 3.13. The minimum Gasteiger partial charge on any atom is -0.492 e. The van der Waals surface area contributed by atoms with Gasteiger partial charge in [-0.15, -0.1) is 0 Å². The lowest BCUT2D eigenvalue weighted by atomic mass is 10.2. The third-order valence-electron chi connectivity index (χ3n) is 2.54. The second-order valence-corrected chi connectivity index (χ2v) is 7.56. The molecule has 0 saturated heterocycles. The summed E-state index contributed by atoms with van der Waals surface area (Å²) in [5.74, 6) is 0.131. The number of hydrogen-bond acceptors (Lipinski definition) is 4. The van der Waals surface area contributed by atoms with Gasteiger partial charge in [0.15, 0.2) is 0 Å². The number of nitrogens with one attached hydrogen (secondary N) is 1. The summed E-state index contributed by atoms with van der Waals surface area (Å²) in [5.41, 5.74) is 0.651. The van der Waals surface area contributed by atoms with Crippen LogP contribution in [0.25, 0.3) is 0 Å². The zero-order valence-electron chi connectivity index (χ0n) is 11.1. The molecule has 1 rings (SSSR count). The van der Waals surface area contributed by atoms with Gasteiger partial charge in [0.25, 0.3) is 9.05 Å². The molecule has 0 aliphatic heterocycles. The molecule has 0 atom stereocenters. The van der Waals surface area contributed by atoms with Gasteiger partial charge >= 0.3 is 0 Å². The van der Waals surface area contributed by atoms with Crippen LogP contribution in [0.4, 0.5) is 0 Å². The molecule has 1 aromatic carbocycles. The number of aryl methyl sites for hydroxylation is 1. The van der Waals surface area contributed by atoms with E-state index in [1.54, 1.807) is 20.0 Å². The summed E-state index contributed by atoms with van der Waals surface area (Å²) >= 11 is 3.22. The Bertz CT molecular complexity index is 604. The molecule has 0 bridgehead atoms. The van der Waals surface area contributed by atoms with E-state index in [2.05, 4.69) is 21.2 Å². The first kappa shape index (κ1) is 17.3. The summed E-state index contributed by atoms with van der Waals surface area (Å²) in [6.45, 7) is 1.96. The van der Waals surface area contributed by atoms with Crippen molar-refractivity contribution in [1.82, 2.24) is 5.32 Å². The van der Waals surface area contributed by atoms with Crippen molar-refractivity contribution < 1.29 is 17.9 Å². The lowest BCUT2D eigenvalue weighted by molar-refractivity contribution is -0.120. The van der Waals surface area contributed by atoms with E-state index in [4.69, 9.17) is 15.4 Å². The Morgan fingerprint density at radius 2 is 2.10 bits per heavy atom. The van der Waals surface area contributed by atoms with E-state index in [9.17, 15) is 13.2 Å². The second-order valence-electron chi connectivity index (χ2n) is 4.11. The second kappa shape index (κ2) is 7.28. The number of ether oxygens (including phenoxy) is 1. The molecule has 0 radical (unpaired) electrons. The highest BCUT2D eigenvalue weighted by Gasteiger charge is 2.20. The smallest absolute Gasteiger partial charge is 0.265 e. The van der Waals surface area contributed by atoms with Gasteiger partial charge in [-0.2, -0.15) is 0 Å². The van der Waals surface area contributed by atoms with Gasteiger partial charge in [0, 0.05) is 28.6 Å². The van der Waals surface area contributed by atoms with E-state index < -0.39 is 9.05 Å². The molecular weight excluding hydrogens is 370 g/mol. The minimum absolute atomic E-state index is 0.0778. The molecule has 8 heteroatoms.